The molecule has 0 atom stereocenters. The van der Waals surface area contributed by atoms with E-state index >= 15 is 0 Å². The number of anilines is 1. The lowest BCUT2D eigenvalue weighted by Gasteiger charge is -2.25. The predicted molar refractivity (Wildman–Crippen MR) is 73.0 cm³/mol. The molecule has 90 valence electrons. The van der Waals surface area contributed by atoms with Crippen molar-refractivity contribution >= 4 is 32.9 Å². The first-order chi connectivity index (χ1) is 8.27. The van der Waals surface area contributed by atoms with Crippen LogP contribution in [0.3, 0.4) is 0 Å². The summed E-state index contributed by atoms with van der Waals surface area (Å²) >= 11 is 3.60. The van der Waals surface area contributed by atoms with Gasteiger partial charge in [-0.15, -0.1) is 0 Å². The topological polar surface area (TPSA) is 55.9 Å². The van der Waals surface area contributed by atoms with Crippen molar-refractivity contribution in [2.45, 2.75) is 18.9 Å². The molecule has 2 heterocycles. The average molecular weight is 295 g/mol. The van der Waals surface area contributed by atoms with Crippen LogP contribution < -0.4 is 11.1 Å². The van der Waals surface area contributed by atoms with Crippen molar-refractivity contribution in [1.29, 1.82) is 0 Å². The van der Waals surface area contributed by atoms with Crippen molar-refractivity contribution in [3.05, 3.63) is 22.7 Å². The lowest BCUT2D eigenvalue weighted by atomic mass is 10.1. The summed E-state index contributed by atoms with van der Waals surface area (Å²) in [6.45, 7) is 2.10. The van der Waals surface area contributed by atoms with Crippen molar-refractivity contribution in [2.75, 3.05) is 18.8 Å². The molecule has 5 heteroatoms. The molecule has 1 fully saturated rings. The third-order valence-electron chi connectivity index (χ3n) is 3.36. The summed E-state index contributed by atoms with van der Waals surface area (Å²) < 4.78 is 3.25. The molecule has 0 unspecified atom stereocenters. The van der Waals surface area contributed by atoms with E-state index in [4.69, 9.17) is 5.73 Å². The van der Waals surface area contributed by atoms with Crippen LogP contribution in [0.25, 0.3) is 11.0 Å². The Balaban J connectivity index is 2.16. The smallest absolute Gasteiger partial charge is 0.201 e. The zero-order valence-electron chi connectivity index (χ0n) is 9.49. The summed E-state index contributed by atoms with van der Waals surface area (Å²) in [7, 11) is 0. The van der Waals surface area contributed by atoms with Gasteiger partial charge in [-0.1, -0.05) is 6.07 Å². The van der Waals surface area contributed by atoms with Crippen LogP contribution in [-0.2, 0) is 0 Å². The number of fused-ring (bicyclic) bond motifs is 1. The van der Waals surface area contributed by atoms with Crippen molar-refractivity contribution in [2.24, 2.45) is 0 Å². The summed E-state index contributed by atoms with van der Waals surface area (Å²) in [4.78, 5) is 4.44. The van der Waals surface area contributed by atoms with E-state index in [1.165, 1.54) is 0 Å². The van der Waals surface area contributed by atoms with Gasteiger partial charge in [0.1, 0.15) is 0 Å². The first-order valence-corrected chi connectivity index (χ1v) is 6.69. The Hall–Kier alpha value is -1.07. The van der Waals surface area contributed by atoms with Crippen molar-refractivity contribution in [3.8, 4) is 0 Å². The summed E-state index contributed by atoms with van der Waals surface area (Å²) in [5.41, 5.74) is 8.15. The minimum absolute atomic E-state index is 0.458. The number of nitrogens with zero attached hydrogens (tertiary/aromatic N) is 2. The van der Waals surface area contributed by atoms with Gasteiger partial charge >= 0.3 is 0 Å². The molecule has 0 saturated carbocycles. The van der Waals surface area contributed by atoms with E-state index in [1.54, 1.807) is 0 Å². The van der Waals surface area contributed by atoms with Crippen LogP contribution in [0, 0.1) is 0 Å². The van der Waals surface area contributed by atoms with Crippen LogP contribution in [0.1, 0.15) is 18.9 Å². The molecule has 1 aliphatic rings. The Bertz CT molecular complexity index is 543. The van der Waals surface area contributed by atoms with Gasteiger partial charge in [0.05, 0.1) is 11.0 Å². The molecule has 0 bridgehead atoms. The fourth-order valence-corrected chi connectivity index (χ4v) is 3.11. The van der Waals surface area contributed by atoms with E-state index < -0.39 is 0 Å². The van der Waals surface area contributed by atoms with Crippen LogP contribution in [0.5, 0.6) is 0 Å². The molecule has 0 spiro atoms. The number of imidazole rings is 1. The second-order valence-corrected chi connectivity index (χ2v) is 5.28. The van der Waals surface area contributed by atoms with E-state index in [0.29, 0.717) is 12.0 Å². The molecule has 0 radical (unpaired) electrons. The molecular formula is C12H15BrN4. The molecule has 4 nitrogen and oxygen atoms in total. The Labute approximate surface area is 108 Å². The zero-order chi connectivity index (χ0) is 11.8. The van der Waals surface area contributed by atoms with Gasteiger partial charge < -0.3 is 15.6 Å². The van der Waals surface area contributed by atoms with E-state index in [1.807, 2.05) is 18.2 Å². The fraction of sp³-hybridized carbons (Fsp3) is 0.417. The summed E-state index contributed by atoms with van der Waals surface area (Å²) in [6, 6.07) is 6.50. The van der Waals surface area contributed by atoms with Crippen molar-refractivity contribution in [3.63, 3.8) is 0 Å². The highest BCUT2D eigenvalue weighted by Crippen LogP contribution is 2.32. The number of aromatic nitrogens is 2. The normalized spacial score (nSPS) is 17.7. The third kappa shape index (κ3) is 1.83. The van der Waals surface area contributed by atoms with E-state index in [-0.39, 0.29) is 0 Å². The molecule has 1 aromatic carbocycles. The summed E-state index contributed by atoms with van der Waals surface area (Å²) in [5.74, 6) is 0.624. The lowest BCUT2D eigenvalue weighted by molar-refractivity contribution is 0.378. The molecule has 3 N–H and O–H groups in total. The first-order valence-electron chi connectivity index (χ1n) is 5.90. The Kier molecular flexibility index (Phi) is 2.80. The molecular weight excluding hydrogens is 280 g/mol. The van der Waals surface area contributed by atoms with Crippen LogP contribution in [0.15, 0.2) is 22.7 Å². The van der Waals surface area contributed by atoms with Crippen LogP contribution in [-0.4, -0.2) is 22.6 Å². The molecule has 1 saturated heterocycles. The highest BCUT2D eigenvalue weighted by atomic mass is 79.9. The lowest BCUT2D eigenvalue weighted by Crippen LogP contribution is -2.29. The monoisotopic (exact) mass is 294 g/mol. The maximum absolute atomic E-state index is 6.06. The minimum atomic E-state index is 0.458. The van der Waals surface area contributed by atoms with Crippen LogP contribution in [0.2, 0.25) is 0 Å². The number of nitrogens with two attached hydrogens (primary N) is 1. The average Bonchev–Trinajstić information content (AvgIpc) is 2.68. The Morgan fingerprint density at radius 2 is 2.12 bits per heavy atom. The minimum Gasteiger partial charge on any atom is -0.369 e. The number of para-hydroxylation sites is 1. The molecule has 2 aromatic rings. The molecule has 3 rings (SSSR count). The molecule has 0 aliphatic carbocycles. The van der Waals surface area contributed by atoms with E-state index in [0.717, 1.165) is 41.4 Å². The van der Waals surface area contributed by atoms with E-state index in [2.05, 4.69) is 30.8 Å². The second-order valence-electron chi connectivity index (χ2n) is 4.43. The third-order valence-corrected chi connectivity index (χ3v) is 4.00. The van der Waals surface area contributed by atoms with E-state index in [9.17, 15) is 0 Å². The Morgan fingerprint density at radius 1 is 1.35 bits per heavy atom. The summed E-state index contributed by atoms with van der Waals surface area (Å²) in [6.07, 6.45) is 2.22. The number of hydrogen-bond donors (Lipinski definition) is 2. The maximum Gasteiger partial charge on any atom is 0.201 e. The number of benzene rings is 1. The Morgan fingerprint density at radius 3 is 2.88 bits per heavy atom. The summed E-state index contributed by atoms with van der Waals surface area (Å²) in [5, 5.41) is 3.37. The number of halogens is 1. The SMILES string of the molecule is Nc1nc2cccc(Br)c2n1C1CCNCC1. The number of nitrogens with one attached hydrogen (secondary N) is 1. The highest BCUT2D eigenvalue weighted by Gasteiger charge is 2.21. The van der Waals surface area contributed by atoms with Gasteiger partial charge in [-0.2, -0.15) is 0 Å². The highest BCUT2D eigenvalue weighted by molar-refractivity contribution is 9.10. The van der Waals surface area contributed by atoms with Gasteiger partial charge in [-0.25, -0.2) is 4.98 Å². The van der Waals surface area contributed by atoms with Gasteiger partial charge in [0.15, 0.2) is 0 Å². The standard InChI is InChI=1S/C12H15BrN4/c13-9-2-1-3-10-11(9)17(12(14)16-10)8-4-6-15-7-5-8/h1-3,8,15H,4-7H2,(H2,14,16). The van der Waals surface area contributed by atoms with Gasteiger partial charge in [-0.05, 0) is 54.0 Å². The first kappa shape index (κ1) is 11.0. The van der Waals surface area contributed by atoms with Crippen LogP contribution in [0.4, 0.5) is 5.95 Å². The predicted octanol–water partition coefficient (Wildman–Crippen LogP) is 2.31. The molecule has 17 heavy (non-hydrogen) atoms. The molecule has 1 aliphatic heterocycles. The van der Waals surface area contributed by atoms with Gasteiger partial charge in [-0.3, -0.25) is 0 Å². The van der Waals surface area contributed by atoms with Gasteiger partial charge in [0.2, 0.25) is 5.95 Å². The van der Waals surface area contributed by atoms with Crippen molar-refractivity contribution in [1.82, 2.24) is 14.9 Å². The van der Waals surface area contributed by atoms with Gasteiger partial charge in [0.25, 0.3) is 0 Å². The van der Waals surface area contributed by atoms with Gasteiger partial charge in [0, 0.05) is 10.5 Å². The van der Waals surface area contributed by atoms with Crippen LogP contribution >= 0.6 is 15.9 Å². The van der Waals surface area contributed by atoms with Crippen molar-refractivity contribution < 1.29 is 0 Å². The number of nitrogen functional groups attached to an aromatic ring is 1. The fourth-order valence-electron chi connectivity index (χ4n) is 2.56. The maximum atomic E-state index is 6.06. The largest absolute Gasteiger partial charge is 0.369 e. The zero-order valence-corrected chi connectivity index (χ0v) is 11.1. The number of rotatable bonds is 1. The second kappa shape index (κ2) is 4.31. The molecule has 1 aromatic heterocycles. The number of hydrogen-bond acceptors (Lipinski definition) is 3. The molecule has 0 amide bonds. The number of piperidine rings is 1. The quantitative estimate of drug-likeness (QED) is 0.849.